The molecule has 29 heavy (non-hydrogen) atoms. The summed E-state index contributed by atoms with van der Waals surface area (Å²) >= 11 is 0. The van der Waals surface area contributed by atoms with Crippen molar-refractivity contribution in [1.29, 1.82) is 0 Å². The number of aromatic nitrogens is 1. The summed E-state index contributed by atoms with van der Waals surface area (Å²) in [7, 11) is 3.42. The molecule has 1 amide bonds. The molecule has 148 valence electrons. The van der Waals surface area contributed by atoms with Crippen LogP contribution >= 0.6 is 0 Å². The van der Waals surface area contributed by atoms with Crippen molar-refractivity contribution in [3.8, 4) is 5.75 Å². The predicted octanol–water partition coefficient (Wildman–Crippen LogP) is 2.76. The topological polar surface area (TPSA) is 93.7 Å². The van der Waals surface area contributed by atoms with E-state index in [0.29, 0.717) is 16.7 Å². The fourth-order valence-corrected chi connectivity index (χ4v) is 3.35. The van der Waals surface area contributed by atoms with E-state index in [1.165, 1.54) is 13.2 Å². The van der Waals surface area contributed by atoms with Gasteiger partial charge in [0.1, 0.15) is 5.56 Å². The third-order valence-corrected chi connectivity index (χ3v) is 4.94. The molecule has 0 spiro atoms. The zero-order valence-electron chi connectivity index (χ0n) is 16.0. The van der Waals surface area contributed by atoms with Crippen LogP contribution < -0.4 is 15.7 Å². The number of aliphatic hydroxyl groups is 1. The average molecular weight is 392 g/mol. The molecule has 1 atom stereocenters. The first-order chi connectivity index (χ1) is 14.0. The minimum Gasteiger partial charge on any atom is -0.493 e. The van der Waals surface area contributed by atoms with Crippen molar-refractivity contribution in [3.63, 3.8) is 0 Å². The van der Waals surface area contributed by atoms with E-state index in [4.69, 9.17) is 9.15 Å². The van der Waals surface area contributed by atoms with E-state index in [9.17, 15) is 14.7 Å². The highest BCUT2D eigenvalue weighted by atomic mass is 16.5. The Morgan fingerprint density at radius 3 is 2.83 bits per heavy atom. The highest BCUT2D eigenvalue weighted by Gasteiger charge is 2.17. The summed E-state index contributed by atoms with van der Waals surface area (Å²) in [6.45, 7) is -0.0350. The second-order valence-electron chi connectivity index (χ2n) is 6.80. The molecule has 7 nitrogen and oxygen atoms in total. The van der Waals surface area contributed by atoms with E-state index in [0.717, 1.165) is 10.9 Å². The maximum Gasteiger partial charge on any atom is 0.349 e. The molecule has 2 heterocycles. The molecule has 0 saturated carbocycles. The molecule has 0 aliphatic heterocycles. The maximum atomic E-state index is 12.5. The number of aryl methyl sites for hydroxylation is 1. The number of ether oxygens (including phenoxy) is 1. The van der Waals surface area contributed by atoms with Crippen LogP contribution in [0, 0.1) is 0 Å². The zero-order valence-corrected chi connectivity index (χ0v) is 16.0. The van der Waals surface area contributed by atoms with Gasteiger partial charge in [-0.25, -0.2) is 4.79 Å². The lowest BCUT2D eigenvalue weighted by atomic mass is 10.1. The monoisotopic (exact) mass is 392 g/mol. The van der Waals surface area contributed by atoms with Crippen LogP contribution in [-0.2, 0) is 7.05 Å². The number of carbonyl (C=O) groups excluding carboxylic acids is 1. The summed E-state index contributed by atoms with van der Waals surface area (Å²) < 4.78 is 12.4. The Hall–Kier alpha value is -3.58. The Kier molecular flexibility index (Phi) is 4.82. The lowest BCUT2D eigenvalue weighted by Crippen LogP contribution is -2.31. The number of methoxy groups -OCH3 is 1. The molecule has 0 radical (unpaired) electrons. The van der Waals surface area contributed by atoms with Crippen molar-refractivity contribution in [1.82, 2.24) is 9.88 Å². The van der Waals surface area contributed by atoms with Crippen LogP contribution in [0.4, 0.5) is 0 Å². The smallest absolute Gasteiger partial charge is 0.349 e. The molecule has 0 unspecified atom stereocenters. The number of fused-ring (bicyclic) bond motifs is 2. The van der Waals surface area contributed by atoms with Crippen LogP contribution in [0.15, 0.2) is 63.9 Å². The first-order valence-electron chi connectivity index (χ1n) is 9.10. The molecule has 4 rings (SSSR count). The van der Waals surface area contributed by atoms with Gasteiger partial charge in [-0.3, -0.25) is 4.79 Å². The van der Waals surface area contributed by atoms with Crippen molar-refractivity contribution in [3.05, 3.63) is 76.3 Å². The summed E-state index contributed by atoms with van der Waals surface area (Å²) in [4.78, 5) is 24.8. The summed E-state index contributed by atoms with van der Waals surface area (Å²) in [6.07, 6.45) is 1.03. The molecule has 0 fully saturated rings. The number of benzene rings is 2. The van der Waals surface area contributed by atoms with Gasteiger partial charge in [0.15, 0.2) is 11.3 Å². The van der Waals surface area contributed by atoms with Crippen LogP contribution in [0.1, 0.15) is 22.0 Å². The highest BCUT2D eigenvalue weighted by molar-refractivity contribution is 5.97. The second kappa shape index (κ2) is 7.44. The number of hydrogen-bond donors (Lipinski definition) is 2. The first kappa shape index (κ1) is 18.8. The van der Waals surface area contributed by atoms with Crippen LogP contribution in [0.25, 0.3) is 21.9 Å². The predicted molar refractivity (Wildman–Crippen MR) is 109 cm³/mol. The third-order valence-electron chi connectivity index (χ3n) is 4.94. The van der Waals surface area contributed by atoms with Crippen LogP contribution in [-0.4, -0.2) is 29.2 Å². The number of aliphatic hydroxyl groups excluding tert-OH is 1. The van der Waals surface area contributed by atoms with E-state index in [1.54, 1.807) is 18.2 Å². The number of carbonyl (C=O) groups is 1. The number of hydrogen-bond acceptors (Lipinski definition) is 5. The number of para-hydroxylation sites is 1. The molecule has 2 aromatic heterocycles. The van der Waals surface area contributed by atoms with Gasteiger partial charge in [-0.05, 0) is 41.3 Å². The SMILES string of the molecule is COc1cccc2cc(C(=O)NC[C@H](O)c3ccc4c(ccn4C)c3)c(=O)oc12. The molecule has 4 aromatic rings. The van der Waals surface area contributed by atoms with E-state index in [-0.39, 0.29) is 17.7 Å². The molecule has 0 aliphatic rings. The first-order valence-corrected chi connectivity index (χ1v) is 9.10. The standard InChI is InChI=1S/C22H20N2O5/c1-24-9-8-13-10-14(6-7-17(13)24)18(25)12-23-21(26)16-11-15-4-3-5-19(28-2)20(15)29-22(16)27/h3-11,18,25H,12H2,1-2H3,(H,23,26)/t18-/m0/s1. The van der Waals surface area contributed by atoms with Gasteiger partial charge < -0.3 is 24.1 Å². The van der Waals surface area contributed by atoms with Gasteiger partial charge in [0.25, 0.3) is 5.91 Å². The van der Waals surface area contributed by atoms with E-state index in [1.807, 2.05) is 42.1 Å². The molecule has 2 aromatic carbocycles. The Morgan fingerprint density at radius 1 is 1.21 bits per heavy atom. The van der Waals surface area contributed by atoms with Crippen LogP contribution in [0.5, 0.6) is 5.75 Å². The highest BCUT2D eigenvalue weighted by Crippen LogP contribution is 2.24. The minimum atomic E-state index is -0.906. The molecule has 7 heteroatoms. The minimum absolute atomic E-state index is 0.0350. The quantitative estimate of drug-likeness (QED) is 0.510. The normalized spacial score (nSPS) is 12.2. The molecule has 0 aliphatic carbocycles. The molecule has 0 bridgehead atoms. The number of amides is 1. The van der Waals surface area contributed by atoms with E-state index in [2.05, 4.69) is 5.32 Å². The van der Waals surface area contributed by atoms with Crippen molar-refractivity contribution in [2.75, 3.05) is 13.7 Å². The van der Waals surface area contributed by atoms with Gasteiger partial charge in [0, 0.05) is 30.7 Å². The fourth-order valence-electron chi connectivity index (χ4n) is 3.35. The van der Waals surface area contributed by atoms with Crippen molar-refractivity contribution >= 4 is 27.8 Å². The Morgan fingerprint density at radius 2 is 2.03 bits per heavy atom. The number of nitrogens with zero attached hydrogens (tertiary/aromatic N) is 1. The van der Waals surface area contributed by atoms with Crippen LogP contribution in [0.3, 0.4) is 0 Å². The summed E-state index contributed by atoms with van der Waals surface area (Å²) in [5.41, 5.74) is 1.12. The molecule has 2 N–H and O–H groups in total. The Balaban J connectivity index is 1.52. The Bertz CT molecular complexity index is 1270. The van der Waals surface area contributed by atoms with Crippen LogP contribution in [0.2, 0.25) is 0 Å². The third kappa shape index (κ3) is 3.48. The molecular weight excluding hydrogens is 372 g/mol. The van der Waals surface area contributed by atoms with E-state index >= 15 is 0 Å². The van der Waals surface area contributed by atoms with Gasteiger partial charge in [-0.15, -0.1) is 0 Å². The summed E-state index contributed by atoms with van der Waals surface area (Å²) in [5.74, 6) is -0.193. The maximum absolute atomic E-state index is 12.5. The van der Waals surface area contributed by atoms with Crippen molar-refractivity contribution in [2.24, 2.45) is 7.05 Å². The van der Waals surface area contributed by atoms with E-state index < -0.39 is 17.6 Å². The average Bonchev–Trinajstić information content (AvgIpc) is 3.11. The van der Waals surface area contributed by atoms with Gasteiger partial charge >= 0.3 is 5.63 Å². The number of rotatable bonds is 5. The Labute approximate surface area is 166 Å². The zero-order chi connectivity index (χ0) is 20.5. The fraction of sp³-hybridized carbons (Fsp3) is 0.182. The van der Waals surface area contributed by atoms with Gasteiger partial charge in [-0.2, -0.15) is 0 Å². The van der Waals surface area contributed by atoms with Crippen molar-refractivity contribution < 1.29 is 19.1 Å². The van der Waals surface area contributed by atoms with Gasteiger partial charge in [0.05, 0.1) is 13.2 Å². The molecule has 0 saturated heterocycles. The van der Waals surface area contributed by atoms with Gasteiger partial charge in [0.2, 0.25) is 0 Å². The molecular formula is C22H20N2O5. The lowest BCUT2D eigenvalue weighted by Gasteiger charge is -2.13. The second-order valence-corrected chi connectivity index (χ2v) is 6.80. The largest absolute Gasteiger partial charge is 0.493 e. The van der Waals surface area contributed by atoms with Crippen molar-refractivity contribution in [2.45, 2.75) is 6.10 Å². The summed E-state index contributed by atoms with van der Waals surface area (Å²) in [6, 6.07) is 14.2. The number of nitrogens with one attached hydrogen (secondary N) is 1. The summed E-state index contributed by atoms with van der Waals surface area (Å²) in [5, 5.41) is 14.6. The lowest BCUT2D eigenvalue weighted by molar-refractivity contribution is 0.0913. The van der Waals surface area contributed by atoms with Gasteiger partial charge in [-0.1, -0.05) is 18.2 Å².